The first kappa shape index (κ1) is 16.2. The van der Waals surface area contributed by atoms with Crippen LogP contribution in [0, 0.1) is 0 Å². The second-order valence-electron chi connectivity index (χ2n) is 5.74. The molecule has 24 heavy (non-hydrogen) atoms. The molecular weight excluding hydrogens is 306 g/mol. The predicted octanol–water partition coefficient (Wildman–Crippen LogP) is 3.18. The van der Waals surface area contributed by atoms with E-state index in [-0.39, 0.29) is 5.91 Å². The number of amides is 1. The molecule has 0 unspecified atom stereocenters. The highest BCUT2D eigenvalue weighted by Crippen LogP contribution is 2.24. The first-order valence-electron chi connectivity index (χ1n) is 7.94. The zero-order chi connectivity index (χ0) is 16.9. The summed E-state index contributed by atoms with van der Waals surface area (Å²) in [7, 11) is 3.23. The molecule has 1 amide bonds. The van der Waals surface area contributed by atoms with Crippen molar-refractivity contribution in [1.82, 2.24) is 5.32 Å². The summed E-state index contributed by atoms with van der Waals surface area (Å²) in [6.07, 6.45) is 2.13. The van der Waals surface area contributed by atoms with E-state index < -0.39 is 0 Å². The average Bonchev–Trinajstić information content (AvgIpc) is 3.44. The van der Waals surface area contributed by atoms with Gasteiger partial charge in [-0.25, -0.2) is 0 Å². The maximum absolute atomic E-state index is 12.2. The van der Waals surface area contributed by atoms with E-state index in [0.717, 1.165) is 29.9 Å². The van der Waals surface area contributed by atoms with E-state index in [1.165, 1.54) is 0 Å². The van der Waals surface area contributed by atoms with Gasteiger partial charge in [0.05, 0.1) is 14.2 Å². The second kappa shape index (κ2) is 7.25. The average molecular weight is 327 g/mol. The minimum absolute atomic E-state index is 0.0501. The fraction of sp³-hybridized carbons (Fsp3) is 0.316. The molecule has 1 saturated carbocycles. The second-order valence-corrected chi connectivity index (χ2v) is 5.74. The summed E-state index contributed by atoms with van der Waals surface area (Å²) < 4.78 is 16.3. The standard InChI is InChI=1S/C19H21NO4/c1-22-16-6-8-17(9-7-16)24-12-14-11-13(3-10-18(14)23-2)19(21)20-15-4-5-15/h3,6-11,15H,4-5,12H2,1-2H3,(H,20,21). The molecular formula is C19H21NO4. The summed E-state index contributed by atoms with van der Waals surface area (Å²) in [5.41, 5.74) is 1.45. The molecule has 0 heterocycles. The molecule has 1 aliphatic carbocycles. The normalized spacial score (nSPS) is 13.2. The monoisotopic (exact) mass is 327 g/mol. The Morgan fingerprint density at radius 1 is 1.04 bits per heavy atom. The smallest absolute Gasteiger partial charge is 0.251 e. The topological polar surface area (TPSA) is 56.8 Å². The van der Waals surface area contributed by atoms with Gasteiger partial charge in [-0.15, -0.1) is 0 Å². The lowest BCUT2D eigenvalue weighted by Crippen LogP contribution is -2.25. The van der Waals surface area contributed by atoms with Gasteiger partial charge in [-0.2, -0.15) is 0 Å². The molecule has 0 bridgehead atoms. The van der Waals surface area contributed by atoms with Crippen LogP contribution in [-0.2, 0) is 6.61 Å². The maximum Gasteiger partial charge on any atom is 0.251 e. The van der Waals surface area contributed by atoms with Gasteiger partial charge in [-0.05, 0) is 55.3 Å². The van der Waals surface area contributed by atoms with Gasteiger partial charge in [0, 0.05) is 17.2 Å². The van der Waals surface area contributed by atoms with E-state index in [0.29, 0.717) is 24.0 Å². The van der Waals surface area contributed by atoms with Crippen molar-refractivity contribution in [3.05, 3.63) is 53.6 Å². The van der Waals surface area contributed by atoms with Crippen molar-refractivity contribution >= 4 is 5.91 Å². The molecule has 2 aromatic carbocycles. The van der Waals surface area contributed by atoms with E-state index in [1.54, 1.807) is 26.4 Å². The molecule has 0 aromatic heterocycles. The van der Waals surface area contributed by atoms with E-state index >= 15 is 0 Å². The van der Waals surface area contributed by atoms with Crippen LogP contribution in [-0.4, -0.2) is 26.2 Å². The van der Waals surface area contributed by atoms with E-state index in [9.17, 15) is 4.79 Å². The van der Waals surface area contributed by atoms with Crippen molar-refractivity contribution in [3.63, 3.8) is 0 Å². The number of carbonyl (C=O) groups excluding carboxylic acids is 1. The van der Waals surface area contributed by atoms with Crippen LogP contribution in [0.1, 0.15) is 28.8 Å². The highest BCUT2D eigenvalue weighted by molar-refractivity contribution is 5.95. The molecule has 0 spiro atoms. The molecule has 5 nitrogen and oxygen atoms in total. The lowest BCUT2D eigenvalue weighted by molar-refractivity contribution is 0.0951. The fourth-order valence-electron chi connectivity index (χ4n) is 2.36. The summed E-state index contributed by atoms with van der Waals surface area (Å²) in [5.74, 6) is 2.15. The molecule has 0 radical (unpaired) electrons. The van der Waals surface area contributed by atoms with Crippen LogP contribution >= 0.6 is 0 Å². The Hall–Kier alpha value is -2.69. The van der Waals surface area contributed by atoms with Crippen molar-refractivity contribution in [2.75, 3.05) is 14.2 Å². The molecule has 1 fully saturated rings. The number of nitrogens with one attached hydrogen (secondary N) is 1. The van der Waals surface area contributed by atoms with Crippen molar-refractivity contribution in [1.29, 1.82) is 0 Å². The number of benzene rings is 2. The Labute approximate surface area is 141 Å². The minimum atomic E-state index is -0.0501. The van der Waals surface area contributed by atoms with Crippen LogP contribution in [0.2, 0.25) is 0 Å². The number of ether oxygens (including phenoxy) is 3. The third-order valence-electron chi connectivity index (χ3n) is 3.91. The number of hydrogen-bond acceptors (Lipinski definition) is 4. The predicted molar refractivity (Wildman–Crippen MR) is 90.8 cm³/mol. The van der Waals surface area contributed by atoms with Gasteiger partial charge >= 0.3 is 0 Å². The number of hydrogen-bond donors (Lipinski definition) is 1. The summed E-state index contributed by atoms with van der Waals surface area (Å²) in [6.45, 7) is 0.319. The Morgan fingerprint density at radius 2 is 1.75 bits per heavy atom. The van der Waals surface area contributed by atoms with Crippen molar-refractivity contribution in [2.24, 2.45) is 0 Å². The number of carbonyl (C=O) groups is 1. The van der Waals surface area contributed by atoms with Crippen molar-refractivity contribution in [3.8, 4) is 17.2 Å². The molecule has 5 heteroatoms. The van der Waals surface area contributed by atoms with Crippen LogP contribution in [0.25, 0.3) is 0 Å². The van der Waals surface area contributed by atoms with Gasteiger partial charge in [0.15, 0.2) is 0 Å². The summed E-state index contributed by atoms with van der Waals surface area (Å²) in [5, 5.41) is 2.99. The Morgan fingerprint density at radius 3 is 2.38 bits per heavy atom. The van der Waals surface area contributed by atoms with E-state index in [1.807, 2.05) is 30.3 Å². The Kier molecular flexibility index (Phi) is 4.89. The van der Waals surface area contributed by atoms with Crippen LogP contribution in [0.4, 0.5) is 0 Å². The molecule has 2 aromatic rings. The summed E-state index contributed by atoms with van der Waals surface area (Å²) >= 11 is 0. The maximum atomic E-state index is 12.2. The molecule has 0 atom stereocenters. The van der Waals surface area contributed by atoms with E-state index in [4.69, 9.17) is 14.2 Å². The highest BCUT2D eigenvalue weighted by Gasteiger charge is 2.24. The quantitative estimate of drug-likeness (QED) is 0.848. The van der Waals surface area contributed by atoms with Crippen LogP contribution < -0.4 is 19.5 Å². The van der Waals surface area contributed by atoms with Gasteiger partial charge in [0.2, 0.25) is 0 Å². The zero-order valence-electron chi connectivity index (χ0n) is 13.9. The summed E-state index contributed by atoms with van der Waals surface area (Å²) in [4.78, 5) is 12.2. The molecule has 3 rings (SSSR count). The summed E-state index contributed by atoms with van der Waals surface area (Å²) in [6, 6.07) is 13.1. The Bertz CT molecular complexity index is 708. The van der Waals surface area contributed by atoms with Gasteiger partial charge in [0.1, 0.15) is 23.9 Å². The van der Waals surface area contributed by atoms with Crippen molar-refractivity contribution < 1.29 is 19.0 Å². The number of rotatable bonds is 7. The first-order chi connectivity index (χ1) is 11.7. The van der Waals surface area contributed by atoms with Gasteiger partial charge in [0.25, 0.3) is 5.91 Å². The molecule has 0 aliphatic heterocycles. The third kappa shape index (κ3) is 3.98. The van der Waals surface area contributed by atoms with Gasteiger partial charge in [-0.3, -0.25) is 4.79 Å². The fourth-order valence-corrected chi connectivity index (χ4v) is 2.36. The third-order valence-corrected chi connectivity index (χ3v) is 3.91. The first-order valence-corrected chi connectivity index (χ1v) is 7.94. The lowest BCUT2D eigenvalue weighted by Gasteiger charge is -2.12. The van der Waals surface area contributed by atoms with Gasteiger partial charge in [-0.1, -0.05) is 0 Å². The molecule has 1 N–H and O–H groups in total. The lowest BCUT2D eigenvalue weighted by atomic mass is 10.1. The highest BCUT2D eigenvalue weighted by atomic mass is 16.5. The van der Waals surface area contributed by atoms with Crippen LogP contribution in [0.5, 0.6) is 17.2 Å². The Balaban J connectivity index is 1.70. The van der Waals surface area contributed by atoms with Crippen molar-refractivity contribution in [2.45, 2.75) is 25.5 Å². The molecule has 126 valence electrons. The van der Waals surface area contributed by atoms with Crippen LogP contribution in [0.15, 0.2) is 42.5 Å². The largest absolute Gasteiger partial charge is 0.497 e. The number of methoxy groups -OCH3 is 2. The molecule has 1 aliphatic rings. The SMILES string of the molecule is COc1ccc(OCc2cc(C(=O)NC3CC3)ccc2OC)cc1. The molecule has 0 saturated heterocycles. The minimum Gasteiger partial charge on any atom is -0.497 e. The van der Waals surface area contributed by atoms with Crippen LogP contribution in [0.3, 0.4) is 0 Å². The zero-order valence-corrected chi connectivity index (χ0v) is 13.9. The van der Waals surface area contributed by atoms with E-state index in [2.05, 4.69) is 5.32 Å². The van der Waals surface area contributed by atoms with Gasteiger partial charge < -0.3 is 19.5 Å².